The van der Waals surface area contributed by atoms with Crippen molar-refractivity contribution in [1.29, 1.82) is 0 Å². The van der Waals surface area contributed by atoms with E-state index in [4.69, 9.17) is 33.4 Å². The summed E-state index contributed by atoms with van der Waals surface area (Å²) in [6.45, 7) is 0. The van der Waals surface area contributed by atoms with Gasteiger partial charge in [-0.15, -0.1) is 11.6 Å². The molecule has 1 aromatic rings. The van der Waals surface area contributed by atoms with Crippen molar-refractivity contribution in [2.24, 2.45) is 0 Å². The Labute approximate surface area is 85.5 Å². The van der Waals surface area contributed by atoms with Crippen molar-refractivity contribution in [2.45, 2.75) is 0 Å². The van der Waals surface area contributed by atoms with Gasteiger partial charge in [0, 0.05) is 0 Å². The van der Waals surface area contributed by atoms with E-state index in [9.17, 15) is 4.79 Å². The highest BCUT2D eigenvalue weighted by atomic mass is 35.5. The minimum atomic E-state index is -0.508. The van der Waals surface area contributed by atoms with Gasteiger partial charge in [0.05, 0.1) is 5.88 Å². The average molecular weight is 223 g/mol. The van der Waals surface area contributed by atoms with Crippen LogP contribution in [0.1, 0.15) is 0 Å². The van der Waals surface area contributed by atoms with Gasteiger partial charge in [-0.2, -0.15) is 0 Å². The lowest BCUT2D eigenvalue weighted by Gasteiger charge is -1.91. The Morgan fingerprint density at radius 3 is 1.69 bits per heavy atom. The minimum Gasteiger partial charge on any atom is -0.504 e. The van der Waals surface area contributed by atoms with Crippen molar-refractivity contribution in [3.63, 3.8) is 0 Å². The number of benzene rings is 1. The number of carbonyl (C=O) groups excluding carboxylic acids is 1. The van der Waals surface area contributed by atoms with Crippen LogP contribution in [-0.4, -0.2) is 21.3 Å². The molecule has 1 rings (SSSR count). The molecule has 0 saturated heterocycles. The second-order valence-corrected chi connectivity index (χ2v) is 2.67. The maximum absolute atomic E-state index is 9.45. The maximum atomic E-state index is 9.45. The highest BCUT2D eigenvalue weighted by Crippen LogP contribution is 2.21. The lowest BCUT2D eigenvalue weighted by Crippen LogP contribution is -1.81. The number of phenolic OH excluding ortho intramolecular Hbond substituents is 2. The summed E-state index contributed by atoms with van der Waals surface area (Å²) in [6.07, 6.45) is 0. The topological polar surface area (TPSA) is 57.5 Å². The fraction of sp³-hybridized carbons (Fsp3) is 0.125. The molecule has 0 atom stereocenters. The van der Waals surface area contributed by atoms with Gasteiger partial charge in [0.25, 0.3) is 0 Å². The van der Waals surface area contributed by atoms with E-state index in [1.807, 2.05) is 0 Å². The second-order valence-electron chi connectivity index (χ2n) is 1.98. The molecule has 0 heterocycles. The molecule has 0 amide bonds. The number of halogens is 2. The predicted molar refractivity (Wildman–Crippen MR) is 51.4 cm³/mol. The molecule has 0 radical (unpaired) electrons. The number of hydrogen-bond donors (Lipinski definition) is 2. The first kappa shape index (κ1) is 12.1. The van der Waals surface area contributed by atoms with Crippen LogP contribution in [0.5, 0.6) is 11.5 Å². The molecule has 0 fully saturated rings. The Morgan fingerprint density at radius 2 is 1.54 bits per heavy atom. The summed E-state index contributed by atoms with van der Waals surface area (Å²) >= 11 is 9.55. The van der Waals surface area contributed by atoms with Gasteiger partial charge in [-0.25, -0.2) is 0 Å². The quantitative estimate of drug-likeness (QED) is 0.435. The zero-order chi connectivity index (χ0) is 10.3. The first-order valence-electron chi connectivity index (χ1n) is 3.29. The monoisotopic (exact) mass is 222 g/mol. The molecule has 2 N–H and O–H groups in total. The largest absolute Gasteiger partial charge is 0.504 e. The second kappa shape index (κ2) is 6.57. The zero-order valence-electron chi connectivity index (χ0n) is 6.58. The summed E-state index contributed by atoms with van der Waals surface area (Å²) in [7, 11) is 0. The molecule has 0 aliphatic carbocycles. The zero-order valence-corrected chi connectivity index (χ0v) is 8.09. The van der Waals surface area contributed by atoms with Crippen molar-refractivity contribution in [2.75, 3.05) is 5.88 Å². The van der Waals surface area contributed by atoms with Gasteiger partial charge in [-0.3, -0.25) is 4.79 Å². The molecule has 13 heavy (non-hydrogen) atoms. The van der Waals surface area contributed by atoms with Crippen molar-refractivity contribution in [1.82, 2.24) is 0 Å². The molecule has 0 bridgehead atoms. The third-order valence-electron chi connectivity index (χ3n) is 0.987. The van der Waals surface area contributed by atoms with E-state index in [2.05, 4.69) is 0 Å². The molecule has 1 aromatic carbocycles. The standard InChI is InChI=1S/C6H6O2.C2H2Cl2O/c7-5-3-1-2-4-6(5)8;3-1-2(4)5/h1-4,7-8H;1H2. The maximum Gasteiger partial charge on any atom is 0.236 e. The highest BCUT2D eigenvalue weighted by Gasteiger charge is 1.90. The van der Waals surface area contributed by atoms with E-state index in [1.165, 1.54) is 12.1 Å². The highest BCUT2D eigenvalue weighted by molar-refractivity contribution is 6.67. The molecule has 0 aliphatic heterocycles. The Balaban J connectivity index is 0.000000252. The molecule has 0 spiro atoms. The van der Waals surface area contributed by atoms with E-state index in [1.54, 1.807) is 12.1 Å². The summed E-state index contributed by atoms with van der Waals surface area (Å²) in [5.74, 6) is -0.248. The Kier molecular flexibility index (Phi) is 6.10. The number of para-hydroxylation sites is 2. The van der Waals surface area contributed by atoms with E-state index in [-0.39, 0.29) is 17.4 Å². The van der Waals surface area contributed by atoms with Crippen LogP contribution < -0.4 is 0 Å². The average Bonchev–Trinajstić information content (AvgIpc) is 2.11. The summed E-state index contributed by atoms with van der Waals surface area (Å²) < 4.78 is 0. The fourth-order valence-electron chi connectivity index (χ4n) is 0.464. The number of aromatic hydroxyl groups is 2. The molecular weight excluding hydrogens is 215 g/mol. The van der Waals surface area contributed by atoms with Gasteiger partial charge >= 0.3 is 0 Å². The third kappa shape index (κ3) is 6.25. The summed E-state index contributed by atoms with van der Waals surface area (Å²) in [6, 6.07) is 6.15. The molecule has 0 aliphatic rings. The molecule has 3 nitrogen and oxygen atoms in total. The molecule has 0 aromatic heterocycles. The van der Waals surface area contributed by atoms with Crippen LogP contribution in [0, 0.1) is 0 Å². The lowest BCUT2D eigenvalue weighted by molar-refractivity contribution is -0.109. The fourth-order valence-corrected chi connectivity index (χ4v) is 0.464. The molecule has 0 saturated carbocycles. The number of carbonyl (C=O) groups is 1. The molecule has 5 heteroatoms. The van der Waals surface area contributed by atoms with Crippen LogP contribution in [0.2, 0.25) is 0 Å². The van der Waals surface area contributed by atoms with Crippen LogP contribution in [0.3, 0.4) is 0 Å². The van der Waals surface area contributed by atoms with E-state index in [0.29, 0.717) is 0 Å². The van der Waals surface area contributed by atoms with Crippen molar-refractivity contribution >= 4 is 28.4 Å². The Bertz CT molecular complexity index is 255. The SMILES string of the molecule is O=C(Cl)CCl.Oc1ccccc1O. The summed E-state index contributed by atoms with van der Waals surface area (Å²) in [4.78, 5) is 9.45. The van der Waals surface area contributed by atoms with Gasteiger partial charge in [0.15, 0.2) is 11.5 Å². The first-order valence-corrected chi connectivity index (χ1v) is 4.20. The van der Waals surface area contributed by atoms with Gasteiger partial charge in [0.2, 0.25) is 5.24 Å². The van der Waals surface area contributed by atoms with E-state index >= 15 is 0 Å². The molecule has 72 valence electrons. The van der Waals surface area contributed by atoms with Gasteiger partial charge in [-0.1, -0.05) is 12.1 Å². The normalized spacial score (nSPS) is 8.46. The lowest BCUT2D eigenvalue weighted by atomic mass is 10.3. The summed E-state index contributed by atoms with van der Waals surface area (Å²) in [5, 5.41) is 16.8. The smallest absolute Gasteiger partial charge is 0.236 e. The van der Waals surface area contributed by atoms with Crippen molar-refractivity contribution < 1.29 is 15.0 Å². The molecular formula is C8H8Cl2O3. The van der Waals surface area contributed by atoms with E-state index < -0.39 is 5.24 Å². The van der Waals surface area contributed by atoms with E-state index in [0.717, 1.165) is 0 Å². The van der Waals surface area contributed by atoms with Gasteiger partial charge in [0.1, 0.15) is 0 Å². The third-order valence-corrected chi connectivity index (χ3v) is 1.50. The van der Waals surface area contributed by atoms with Crippen LogP contribution in [0.15, 0.2) is 24.3 Å². The van der Waals surface area contributed by atoms with Gasteiger partial charge < -0.3 is 10.2 Å². The number of hydrogen-bond acceptors (Lipinski definition) is 3. The number of alkyl halides is 1. The van der Waals surface area contributed by atoms with Gasteiger partial charge in [-0.05, 0) is 23.7 Å². The first-order chi connectivity index (χ1) is 6.07. The summed E-state index contributed by atoms with van der Waals surface area (Å²) in [5.41, 5.74) is 0. The minimum absolute atomic E-state index is 0.0764. The van der Waals surface area contributed by atoms with Crippen LogP contribution >= 0.6 is 23.2 Å². The van der Waals surface area contributed by atoms with Crippen molar-refractivity contribution in [3.8, 4) is 11.5 Å². The van der Waals surface area contributed by atoms with Crippen LogP contribution in [-0.2, 0) is 4.79 Å². The Morgan fingerprint density at radius 1 is 1.23 bits per heavy atom. The molecule has 0 unspecified atom stereocenters. The predicted octanol–water partition coefficient (Wildman–Crippen LogP) is 2.09. The number of rotatable bonds is 1. The number of phenols is 2. The van der Waals surface area contributed by atoms with Crippen LogP contribution in [0.25, 0.3) is 0 Å². The Hall–Kier alpha value is -0.930. The van der Waals surface area contributed by atoms with Crippen molar-refractivity contribution in [3.05, 3.63) is 24.3 Å². The van der Waals surface area contributed by atoms with Crippen LogP contribution in [0.4, 0.5) is 0 Å².